The van der Waals surface area contributed by atoms with Gasteiger partial charge in [-0.25, -0.2) is 4.98 Å². The van der Waals surface area contributed by atoms with Gasteiger partial charge in [-0.15, -0.1) is 0 Å². The summed E-state index contributed by atoms with van der Waals surface area (Å²) in [5.41, 5.74) is 5.46. The summed E-state index contributed by atoms with van der Waals surface area (Å²) in [6.07, 6.45) is 1.73. The highest BCUT2D eigenvalue weighted by atomic mass is 16.5. The van der Waals surface area contributed by atoms with Crippen molar-refractivity contribution < 1.29 is 18.9 Å². The number of aromatic amines is 1. The summed E-state index contributed by atoms with van der Waals surface area (Å²) in [6, 6.07) is 22.8. The van der Waals surface area contributed by atoms with Crippen LogP contribution in [0.25, 0.3) is 11.0 Å². The summed E-state index contributed by atoms with van der Waals surface area (Å²) in [5, 5.41) is 0. The molecule has 3 aromatic carbocycles. The number of morpholine rings is 1. The van der Waals surface area contributed by atoms with E-state index in [0.29, 0.717) is 19.8 Å². The Morgan fingerprint density at radius 3 is 2.58 bits per heavy atom. The van der Waals surface area contributed by atoms with Crippen LogP contribution >= 0.6 is 0 Å². The topological polar surface area (TPSA) is 72.1 Å². The standard InChI is InChI=1S/C30H36N4O4/c1-35-27-6-2-4-24(18-27)21-34(22-25-8-9-29-30(19-25)32-23-31-29)26-5-3-7-28(20-26)38-17-16-37-15-12-33-10-13-36-14-11-33/h2-9,18-20,23H,10-17,21-22H2,1H3,(H,31,32). The number of nitrogens with zero attached hydrogens (tertiary/aromatic N) is 3. The molecule has 38 heavy (non-hydrogen) atoms. The van der Waals surface area contributed by atoms with E-state index in [-0.39, 0.29) is 0 Å². The molecule has 200 valence electrons. The molecule has 1 N–H and O–H groups in total. The highest BCUT2D eigenvalue weighted by Gasteiger charge is 2.12. The number of nitrogens with one attached hydrogen (secondary N) is 1. The minimum absolute atomic E-state index is 0.513. The number of hydrogen-bond donors (Lipinski definition) is 1. The van der Waals surface area contributed by atoms with Gasteiger partial charge in [0.15, 0.2) is 0 Å². The van der Waals surface area contributed by atoms with Gasteiger partial charge < -0.3 is 28.8 Å². The lowest BCUT2D eigenvalue weighted by Crippen LogP contribution is -2.38. The van der Waals surface area contributed by atoms with Crippen LogP contribution in [0.5, 0.6) is 11.5 Å². The summed E-state index contributed by atoms with van der Waals surface area (Å²) in [7, 11) is 1.70. The predicted molar refractivity (Wildman–Crippen MR) is 149 cm³/mol. The molecule has 8 heteroatoms. The number of imidazole rings is 1. The van der Waals surface area contributed by atoms with E-state index in [0.717, 1.165) is 74.2 Å². The molecule has 5 rings (SSSR count). The van der Waals surface area contributed by atoms with Crippen LogP contribution in [0.1, 0.15) is 11.1 Å². The van der Waals surface area contributed by atoms with Crippen molar-refractivity contribution in [1.82, 2.24) is 14.9 Å². The molecule has 0 atom stereocenters. The van der Waals surface area contributed by atoms with E-state index < -0.39 is 0 Å². The fourth-order valence-corrected chi connectivity index (χ4v) is 4.64. The van der Waals surface area contributed by atoms with Gasteiger partial charge >= 0.3 is 0 Å². The Bertz CT molecular complexity index is 1290. The molecule has 0 amide bonds. The van der Waals surface area contributed by atoms with Crippen LogP contribution in [0.2, 0.25) is 0 Å². The largest absolute Gasteiger partial charge is 0.497 e. The maximum absolute atomic E-state index is 6.05. The lowest BCUT2D eigenvalue weighted by atomic mass is 10.1. The van der Waals surface area contributed by atoms with E-state index in [1.54, 1.807) is 13.4 Å². The first-order valence-corrected chi connectivity index (χ1v) is 13.2. The van der Waals surface area contributed by atoms with Crippen molar-refractivity contribution in [3.05, 3.63) is 84.2 Å². The van der Waals surface area contributed by atoms with E-state index in [2.05, 4.69) is 62.2 Å². The molecule has 1 saturated heterocycles. The molecule has 8 nitrogen and oxygen atoms in total. The molecule has 0 saturated carbocycles. The minimum atomic E-state index is 0.513. The highest BCUT2D eigenvalue weighted by molar-refractivity contribution is 5.75. The molecule has 4 aromatic rings. The normalized spacial score (nSPS) is 14.0. The summed E-state index contributed by atoms with van der Waals surface area (Å²) < 4.78 is 22.7. The van der Waals surface area contributed by atoms with Crippen LogP contribution in [0.15, 0.2) is 73.1 Å². The lowest BCUT2D eigenvalue weighted by molar-refractivity contribution is 0.0170. The smallest absolute Gasteiger partial charge is 0.121 e. The second kappa shape index (κ2) is 13.3. The number of methoxy groups -OCH3 is 1. The average molecular weight is 517 g/mol. The fraction of sp³-hybridized carbons (Fsp3) is 0.367. The third-order valence-corrected chi connectivity index (χ3v) is 6.70. The third kappa shape index (κ3) is 7.25. The molecule has 1 aromatic heterocycles. The van der Waals surface area contributed by atoms with Crippen LogP contribution < -0.4 is 14.4 Å². The summed E-state index contributed by atoms with van der Waals surface area (Å²) in [5.74, 6) is 1.69. The first-order valence-electron chi connectivity index (χ1n) is 13.2. The Morgan fingerprint density at radius 1 is 0.895 bits per heavy atom. The van der Waals surface area contributed by atoms with Gasteiger partial charge in [0.2, 0.25) is 0 Å². The number of ether oxygens (including phenoxy) is 4. The van der Waals surface area contributed by atoms with Gasteiger partial charge in [-0.05, 0) is 47.5 Å². The SMILES string of the molecule is COc1cccc(CN(Cc2ccc3nc[nH]c3c2)c2cccc(OCCOCCN3CCOCC3)c2)c1. The van der Waals surface area contributed by atoms with Crippen molar-refractivity contribution in [1.29, 1.82) is 0 Å². The van der Waals surface area contributed by atoms with E-state index >= 15 is 0 Å². The summed E-state index contributed by atoms with van der Waals surface area (Å²) >= 11 is 0. The van der Waals surface area contributed by atoms with Crippen molar-refractivity contribution in [3.63, 3.8) is 0 Å². The van der Waals surface area contributed by atoms with Gasteiger partial charge in [0.1, 0.15) is 18.1 Å². The molecule has 0 unspecified atom stereocenters. The zero-order chi connectivity index (χ0) is 26.0. The summed E-state index contributed by atoms with van der Waals surface area (Å²) in [4.78, 5) is 12.3. The highest BCUT2D eigenvalue weighted by Crippen LogP contribution is 2.26. The minimum Gasteiger partial charge on any atom is -0.497 e. The Hall–Kier alpha value is -3.59. The molecule has 0 radical (unpaired) electrons. The van der Waals surface area contributed by atoms with Gasteiger partial charge in [0.25, 0.3) is 0 Å². The zero-order valence-electron chi connectivity index (χ0n) is 22.0. The van der Waals surface area contributed by atoms with E-state index in [1.807, 2.05) is 24.3 Å². The van der Waals surface area contributed by atoms with Crippen molar-refractivity contribution >= 4 is 16.7 Å². The van der Waals surface area contributed by atoms with Gasteiger partial charge in [0, 0.05) is 44.5 Å². The first-order chi connectivity index (χ1) is 18.8. The van der Waals surface area contributed by atoms with Gasteiger partial charge in [-0.2, -0.15) is 0 Å². The molecule has 1 aliphatic heterocycles. The van der Waals surface area contributed by atoms with Crippen LogP contribution in [0.3, 0.4) is 0 Å². The molecule has 0 aliphatic carbocycles. The number of benzene rings is 3. The van der Waals surface area contributed by atoms with Crippen LogP contribution in [-0.2, 0) is 22.6 Å². The zero-order valence-corrected chi connectivity index (χ0v) is 22.0. The quantitative estimate of drug-likeness (QED) is 0.262. The molecule has 1 aliphatic rings. The van der Waals surface area contributed by atoms with Gasteiger partial charge in [-0.1, -0.05) is 24.3 Å². The Labute approximate surface area is 224 Å². The van der Waals surface area contributed by atoms with Gasteiger partial charge in [0.05, 0.1) is 50.9 Å². The Kier molecular flexibility index (Phi) is 9.10. The number of hydrogen-bond acceptors (Lipinski definition) is 7. The lowest BCUT2D eigenvalue weighted by Gasteiger charge is -2.26. The Morgan fingerprint density at radius 2 is 1.71 bits per heavy atom. The third-order valence-electron chi connectivity index (χ3n) is 6.70. The average Bonchev–Trinajstić information content (AvgIpc) is 3.43. The van der Waals surface area contributed by atoms with E-state index in [9.17, 15) is 0 Å². The number of aromatic nitrogens is 2. The molecule has 2 heterocycles. The van der Waals surface area contributed by atoms with Crippen LogP contribution in [-0.4, -0.2) is 74.6 Å². The monoisotopic (exact) mass is 516 g/mol. The van der Waals surface area contributed by atoms with Gasteiger partial charge in [-0.3, -0.25) is 4.90 Å². The fourth-order valence-electron chi connectivity index (χ4n) is 4.64. The van der Waals surface area contributed by atoms with Crippen LogP contribution in [0.4, 0.5) is 5.69 Å². The molecule has 0 bridgehead atoms. The Balaban J connectivity index is 1.22. The van der Waals surface area contributed by atoms with E-state index in [4.69, 9.17) is 18.9 Å². The second-order valence-corrected chi connectivity index (χ2v) is 9.37. The predicted octanol–water partition coefficient (Wildman–Crippen LogP) is 4.51. The first kappa shape index (κ1) is 26.0. The number of rotatable bonds is 13. The van der Waals surface area contributed by atoms with E-state index in [1.165, 1.54) is 11.1 Å². The summed E-state index contributed by atoms with van der Waals surface area (Å²) in [6.45, 7) is 7.76. The molecular weight excluding hydrogens is 480 g/mol. The second-order valence-electron chi connectivity index (χ2n) is 9.37. The van der Waals surface area contributed by atoms with Crippen LogP contribution in [0, 0.1) is 0 Å². The molecular formula is C30H36N4O4. The number of anilines is 1. The number of H-pyrrole nitrogens is 1. The maximum Gasteiger partial charge on any atom is 0.121 e. The molecule has 1 fully saturated rings. The maximum atomic E-state index is 6.05. The number of fused-ring (bicyclic) bond motifs is 1. The van der Waals surface area contributed by atoms with Crippen molar-refractivity contribution in [2.75, 3.05) is 64.7 Å². The van der Waals surface area contributed by atoms with Crippen molar-refractivity contribution in [3.8, 4) is 11.5 Å². The molecule has 0 spiro atoms. The van der Waals surface area contributed by atoms with Crippen molar-refractivity contribution in [2.45, 2.75) is 13.1 Å². The van der Waals surface area contributed by atoms with Crippen molar-refractivity contribution in [2.24, 2.45) is 0 Å².